The minimum absolute atomic E-state index is 0.132. The number of carbonyl (C=O) groups is 1. The number of amides is 1. The number of hydrogen-bond acceptors (Lipinski definition) is 3. The van der Waals surface area contributed by atoms with Crippen LogP contribution in [0.15, 0.2) is 24.3 Å². The van der Waals surface area contributed by atoms with Crippen molar-refractivity contribution < 1.29 is 14.6 Å². The normalized spacial score (nSPS) is 12.4. The molecule has 0 heterocycles. The molecule has 0 fully saturated rings. The standard InChI is InChI=1S/C15H20ClNO3/c1-11(7-8-18)10-17-15(19)6-3-12-9-13(16)4-5-14(12)20-2/h3-6,9,11,18H,7-8,10H2,1-2H3,(H,17,19)/b6-3+. The topological polar surface area (TPSA) is 58.6 Å². The Morgan fingerprint density at radius 2 is 2.30 bits per heavy atom. The number of carbonyl (C=O) groups excluding carboxylic acids is 1. The number of methoxy groups -OCH3 is 1. The van der Waals surface area contributed by atoms with Crippen molar-refractivity contribution in [1.29, 1.82) is 0 Å². The van der Waals surface area contributed by atoms with Crippen LogP contribution in [0.5, 0.6) is 5.75 Å². The zero-order valence-electron chi connectivity index (χ0n) is 11.7. The molecule has 5 heteroatoms. The molecule has 0 aliphatic carbocycles. The number of rotatable bonds is 7. The van der Waals surface area contributed by atoms with Gasteiger partial charge in [0.1, 0.15) is 5.75 Å². The van der Waals surface area contributed by atoms with Gasteiger partial charge in [-0.25, -0.2) is 0 Å². The zero-order valence-corrected chi connectivity index (χ0v) is 12.5. The molecule has 0 bridgehead atoms. The van der Waals surface area contributed by atoms with Crippen molar-refractivity contribution >= 4 is 23.6 Å². The number of benzene rings is 1. The van der Waals surface area contributed by atoms with Crippen molar-refractivity contribution in [3.8, 4) is 5.75 Å². The van der Waals surface area contributed by atoms with Crippen LogP contribution in [-0.4, -0.2) is 31.3 Å². The summed E-state index contributed by atoms with van der Waals surface area (Å²) in [5, 5.41) is 12.1. The Morgan fingerprint density at radius 3 is 2.95 bits per heavy atom. The van der Waals surface area contributed by atoms with E-state index in [9.17, 15) is 4.79 Å². The second kappa shape index (κ2) is 8.61. The third-order valence-electron chi connectivity index (χ3n) is 2.85. The average Bonchev–Trinajstić information content (AvgIpc) is 2.43. The highest BCUT2D eigenvalue weighted by atomic mass is 35.5. The van der Waals surface area contributed by atoms with Gasteiger partial charge in [-0.1, -0.05) is 18.5 Å². The minimum atomic E-state index is -0.184. The summed E-state index contributed by atoms with van der Waals surface area (Å²) in [5.74, 6) is 0.724. The highest BCUT2D eigenvalue weighted by molar-refractivity contribution is 6.30. The molecule has 0 aliphatic rings. The Hall–Kier alpha value is -1.52. The zero-order chi connectivity index (χ0) is 15.0. The molecule has 0 aliphatic heterocycles. The third-order valence-corrected chi connectivity index (χ3v) is 3.09. The average molecular weight is 298 g/mol. The van der Waals surface area contributed by atoms with Crippen molar-refractivity contribution in [2.24, 2.45) is 5.92 Å². The monoisotopic (exact) mass is 297 g/mol. The molecular weight excluding hydrogens is 278 g/mol. The summed E-state index contributed by atoms with van der Waals surface area (Å²) in [7, 11) is 1.57. The molecule has 0 aromatic heterocycles. The molecule has 0 radical (unpaired) electrons. The molecule has 0 saturated heterocycles. The molecule has 0 saturated carbocycles. The lowest BCUT2D eigenvalue weighted by molar-refractivity contribution is -0.116. The first kappa shape index (κ1) is 16.5. The van der Waals surface area contributed by atoms with Gasteiger partial charge in [0.05, 0.1) is 7.11 Å². The van der Waals surface area contributed by atoms with Crippen molar-refractivity contribution in [3.05, 3.63) is 34.9 Å². The summed E-state index contributed by atoms with van der Waals surface area (Å²) < 4.78 is 5.19. The van der Waals surface area contributed by atoms with Gasteiger partial charge in [-0.3, -0.25) is 4.79 Å². The van der Waals surface area contributed by atoms with Crippen LogP contribution < -0.4 is 10.1 Å². The second-order valence-electron chi connectivity index (χ2n) is 4.58. The van der Waals surface area contributed by atoms with Crippen molar-refractivity contribution in [2.75, 3.05) is 20.3 Å². The van der Waals surface area contributed by atoms with Gasteiger partial charge >= 0.3 is 0 Å². The van der Waals surface area contributed by atoms with Gasteiger partial charge in [-0.05, 0) is 36.6 Å². The van der Waals surface area contributed by atoms with Crippen LogP contribution in [0.25, 0.3) is 6.08 Å². The Bertz CT molecular complexity index is 474. The fourth-order valence-corrected chi connectivity index (χ4v) is 1.84. The quantitative estimate of drug-likeness (QED) is 0.760. The fraction of sp³-hybridized carbons (Fsp3) is 0.400. The summed E-state index contributed by atoms with van der Waals surface area (Å²) >= 11 is 5.91. The maximum Gasteiger partial charge on any atom is 0.244 e. The van der Waals surface area contributed by atoms with E-state index in [1.807, 2.05) is 6.92 Å². The lowest BCUT2D eigenvalue weighted by Crippen LogP contribution is -2.26. The van der Waals surface area contributed by atoms with Crippen LogP contribution in [0.4, 0.5) is 0 Å². The maximum absolute atomic E-state index is 11.7. The largest absolute Gasteiger partial charge is 0.496 e. The van der Waals surface area contributed by atoms with Gasteiger partial charge in [0.15, 0.2) is 0 Å². The Kier molecular flexibility index (Phi) is 7.12. The van der Waals surface area contributed by atoms with E-state index in [0.29, 0.717) is 23.7 Å². The molecule has 4 nitrogen and oxygen atoms in total. The highest BCUT2D eigenvalue weighted by Crippen LogP contribution is 2.23. The SMILES string of the molecule is COc1ccc(Cl)cc1/C=C/C(=O)NCC(C)CCO. The summed E-state index contributed by atoms with van der Waals surface area (Å²) in [6.45, 7) is 2.64. The molecule has 20 heavy (non-hydrogen) atoms. The van der Waals surface area contributed by atoms with Crippen LogP contribution in [-0.2, 0) is 4.79 Å². The van der Waals surface area contributed by atoms with Gasteiger partial charge in [0.2, 0.25) is 5.91 Å². The Morgan fingerprint density at radius 1 is 1.55 bits per heavy atom. The van der Waals surface area contributed by atoms with Gasteiger partial charge in [0, 0.05) is 29.8 Å². The van der Waals surface area contributed by atoms with E-state index < -0.39 is 0 Å². The van der Waals surface area contributed by atoms with Gasteiger partial charge < -0.3 is 15.2 Å². The first-order chi connectivity index (χ1) is 9.56. The van der Waals surface area contributed by atoms with Gasteiger partial charge in [-0.2, -0.15) is 0 Å². The Balaban J connectivity index is 2.59. The molecule has 2 N–H and O–H groups in total. The lowest BCUT2D eigenvalue weighted by atomic mass is 10.1. The fourth-order valence-electron chi connectivity index (χ4n) is 1.66. The molecular formula is C15H20ClNO3. The number of halogens is 1. The molecule has 1 rings (SSSR count). The van der Waals surface area contributed by atoms with E-state index in [-0.39, 0.29) is 18.4 Å². The second-order valence-corrected chi connectivity index (χ2v) is 5.02. The Labute approximate surface area is 124 Å². The predicted molar refractivity (Wildman–Crippen MR) is 80.9 cm³/mol. The molecule has 1 unspecified atom stereocenters. The molecule has 1 aromatic rings. The van der Waals surface area contributed by atoms with Crippen LogP contribution in [0, 0.1) is 5.92 Å². The lowest BCUT2D eigenvalue weighted by Gasteiger charge is -2.09. The van der Waals surface area contributed by atoms with Crippen LogP contribution in [0.3, 0.4) is 0 Å². The summed E-state index contributed by atoms with van der Waals surface area (Å²) in [4.78, 5) is 11.7. The van der Waals surface area contributed by atoms with Crippen molar-refractivity contribution in [2.45, 2.75) is 13.3 Å². The molecule has 1 atom stereocenters. The maximum atomic E-state index is 11.7. The highest BCUT2D eigenvalue weighted by Gasteiger charge is 2.04. The van der Waals surface area contributed by atoms with E-state index in [1.54, 1.807) is 31.4 Å². The number of nitrogens with one attached hydrogen (secondary N) is 1. The van der Waals surface area contributed by atoms with E-state index in [1.165, 1.54) is 6.08 Å². The van der Waals surface area contributed by atoms with Crippen LogP contribution >= 0.6 is 11.6 Å². The minimum Gasteiger partial charge on any atom is -0.496 e. The number of aliphatic hydroxyl groups excluding tert-OH is 1. The van der Waals surface area contributed by atoms with Crippen molar-refractivity contribution in [1.82, 2.24) is 5.32 Å². The van der Waals surface area contributed by atoms with Crippen molar-refractivity contribution in [3.63, 3.8) is 0 Å². The number of aliphatic hydroxyl groups is 1. The first-order valence-corrected chi connectivity index (χ1v) is 6.85. The van der Waals surface area contributed by atoms with E-state index >= 15 is 0 Å². The predicted octanol–water partition coefficient (Wildman–Crippen LogP) is 2.50. The third kappa shape index (κ3) is 5.63. The molecule has 1 amide bonds. The number of ether oxygens (including phenoxy) is 1. The smallest absolute Gasteiger partial charge is 0.244 e. The molecule has 110 valence electrons. The summed E-state index contributed by atoms with van der Waals surface area (Å²) in [6, 6.07) is 5.22. The first-order valence-electron chi connectivity index (χ1n) is 6.47. The summed E-state index contributed by atoms with van der Waals surface area (Å²) in [6.07, 6.45) is 3.78. The van der Waals surface area contributed by atoms with Gasteiger partial charge in [-0.15, -0.1) is 0 Å². The molecule has 0 spiro atoms. The van der Waals surface area contributed by atoms with E-state index in [4.69, 9.17) is 21.4 Å². The van der Waals surface area contributed by atoms with Crippen LogP contribution in [0.2, 0.25) is 5.02 Å². The summed E-state index contributed by atoms with van der Waals surface area (Å²) in [5.41, 5.74) is 0.749. The number of hydrogen-bond donors (Lipinski definition) is 2. The van der Waals surface area contributed by atoms with Crippen LogP contribution in [0.1, 0.15) is 18.9 Å². The molecule has 1 aromatic carbocycles. The van der Waals surface area contributed by atoms with E-state index in [2.05, 4.69) is 5.32 Å². The van der Waals surface area contributed by atoms with Gasteiger partial charge in [0.25, 0.3) is 0 Å². The van der Waals surface area contributed by atoms with E-state index in [0.717, 1.165) is 5.56 Å².